The van der Waals surface area contributed by atoms with Gasteiger partial charge in [0.15, 0.2) is 0 Å². The molecule has 0 atom stereocenters. The van der Waals surface area contributed by atoms with Crippen molar-refractivity contribution < 1.29 is 18.0 Å². The molecule has 0 saturated heterocycles. The van der Waals surface area contributed by atoms with Gasteiger partial charge in [0, 0.05) is 5.56 Å². The second-order valence-corrected chi connectivity index (χ2v) is 3.39. The van der Waals surface area contributed by atoms with Crippen LogP contribution in [0.15, 0.2) is 12.1 Å². The number of carbonyl (C=O) groups is 1. The van der Waals surface area contributed by atoms with E-state index in [1.165, 1.54) is 13.0 Å². The molecule has 84 valence electrons. The van der Waals surface area contributed by atoms with E-state index in [1.807, 2.05) is 0 Å². The average Bonchev–Trinajstić information content (AvgIpc) is 2.15. The van der Waals surface area contributed by atoms with E-state index in [-0.39, 0.29) is 11.1 Å². The first-order chi connectivity index (χ1) is 7.29. The van der Waals surface area contributed by atoms with E-state index in [2.05, 4.69) is 0 Å². The third-order valence-electron chi connectivity index (χ3n) is 2.09. The van der Waals surface area contributed by atoms with E-state index in [0.29, 0.717) is 6.07 Å². The predicted octanol–water partition coefficient (Wildman–Crippen LogP) is 3.26. The fourth-order valence-electron chi connectivity index (χ4n) is 1.30. The van der Waals surface area contributed by atoms with Crippen molar-refractivity contribution >= 4 is 16.8 Å². The number of nitriles is 1. The Morgan fingerprint density at radius 3 is 2.38 bits per heavy atom. The highest BCUT2D eigenvalue weighted by Crippen LogP contribution is 2.34. The molecule has 0 bridgehead atoms. The molecule has 0 aliphatic heterocycles. The zero-order chi connectivity index (χ0) is 12.5. The molecule has 0 spiro atoms. The summed E-state index contributed by atoms with van der Waals surface area (Å²) in [5.74, 6) is 0. The van der Waals surface area contributed by atoms with Crippen LogP contribution in [0.3, 0.4) is 0 Å². The molecule has 0 aromatic heterocycles. The van der Waals surface area contributed by atoms with Crippen LogP contribution in [-0.4, -0.2) is 5.24 Å². The molecule has 16 heavy (non-hydrogen) atoms. The van der Waals surface area contributed by atoms with Gasteiger partial charge in [-0.15, -0.1) is 0 Å². The average molecular weight is 248 g/mol. The second-order valence-electron chi connectivity index (χ2n) is 3.04. The molecule has 1 rings (SSSR count). The Balaban J connectivity index is 3.56. The maximum atomic E-state index is 12.5. The maximum Gasteiger partial charge on any atom is 0.417 e. The van der Waals surface area contributed by atoms with Crippen LogP contribution in [-0.2, 0) is 6.18 Å². The highest BCUT2D eigenvalue weighted by Gasteiger charge is 2.34. The van der Waals surface area contributed by atoms with Gasteiger partial charge in [0.1, 0.15) is 6.07 Å². The van der Waals surface area contributed by atoms with E-state index in [9.17, 15) is 18.0 Å². The molecular formula is C10H5ClF3NO. The lowest BCUT2D eigenvalue weighted by atomic mass is 9.98. The van der Waals surface area contributed by atoms with Gasteiger partial charge >= 0.3 is 6.18 Å². The predicted molar refractivity (Wildman–Crippen MR) is 51.1 cm³/mol. The van der Waals surface area contributed by atoms with Crippen molar-refractivity contribution in [2.75, 3.05) is 0 Å². The number of nitrogens with zero attached hydrogens (tertiary/aromatic N) is 1. The molecule has 0 saturated carbocycles. The second kappa shape index (κ2) is 4.14. The van der Waals surface area contributed by atoms with Crippen molar-refractivity contribution in [3.05, 3.63) is 34.4 Å². The minimum Gasteiger partial charge on any atom is -0.276 e. The highest BCUT2D eigenvalue weighted by molar-refractivity contribution is 6.67. The summed E-state index contributed by atoms with van der Waals surface area (Å²) in [6.07, 6.45) is -4.62. The van der Waals surface area contributed by atoms with Crippen LogP contribution >= 0.6 is 11.6 Å². The summed E-state index contributed by atoms with van der Waals surface area (Å²) in [7, 11) is 0. The van der Waals surface area contributed by atoms with Crippen molar-refractivity contribution in [1.82, 2.24) is 0 Å². The molecule has 2 nitrogen and oxygen atoms in total. The molecule has 1 aromatic rings. The van der Waals surface area contributed by atoms with Crippen molar-refractivity contribution in [3.63, 3.8) is 0 Å². The lowest BCUT2D eigenvalue weighted by Gasteiger charge is -2.11. The standard InChI is InChI=1S/C10H5ClF3NO/c1-5-6(9(11)16)2-3-8(7(5)4-15)10(12,13)14/h2-3H,1H3. The van der Waals surface area contributed by atoms with Gasteiger partial charge in [-0.2, -0.15) is 18.4 Å². The van der Waals surface area contributed by atoms with Crippen molar-refractivity contribution in [2.24, 2.45) is 0 Å². The van der Waals surface area contributed by atoms with Crippen LogP contribution in [0.4, 0.5) is 13.2 Å². The first-order valence-corrected chi connectivity index (χ1v) is 4.47. The normalized spacial score (nSPS) is 11.0. The van der Waals surface area contributed by atoms with E-state index < -0.39 is 22.5 Å². The molecule has 0 unspecified atom stereocenters. The number of carbonyl (C=O) groups excluding carboxylic acids is 1. The van der Waals surface area contributed by atoms with Crippen molar-refractivity contribution in [3.8, 4) is 6.07 Å². The fourth-order valence-corrected chi connectivity index (χ4v) is 1.51. The van der Waals surface area contributed by atoms with Gasteiger partial charge in [-0.1, -0.05) is 0 Å². The summed E-state index contributed by atoms with van der Waals surface area (Å²) in [6.45, 7) is 1.25. The summed E-state index contributed by atoms with van der Waals surface area (Å²) in [5, 5.41) is 7.78. The highest BCUT2D eigenvalue weighted by atomic mass is 35.5. The van der Waals surface area contributed by atoms with E-state index >= 15 is 0 Å². The Morgan fingerprint density at radius 2 is 2.00 bits per heavy atom. The molecule has 0 aliphatic carbocycles. The van der Waals surface area contributed by atoms with Gasteiger partial charge in [-0.3, -0.25) is 4.79 Å². The first kappa shape index (κ1) is 12.5. The molecule has 1 aromatic carbocycles. The van der Waals surface area contributed by atoms with Gasteiger partial charge in [0.2, 0.25) is 0 Å². The number of alkyl halides is 3. The molecule has 0 fully saturated rings. The van der Waals surface area contributed by atoms with Gasteiger partial charge in [-0.25, -0.2) is 0 Å². The summed E-state index contributed by atoms with van der Waals surface area (Å²) in [4.78, 5) is 10.9. The molecule has 0 amide bonds. The molecule has 0 heterocycles. The first-order valence-electron chi connectivity index (χ1n) is 4.09. The van der Waals surface area contributed by atoms with Crippen LogP contribution in [0.25, 0.3) is 0 Å². The summed E-state index contributed by atoms with van der Waals surface area (Å²) < 4.78 is 37.4. The number of hydrogen-bond acceptors (Lipinski definition) is 2. The van der Waals surface area contributed by atoms with Crippen LogP contribution < -0.4 is 0 Å². The summed E-state index contributed by atoms with van der Waals surface area (Å²) in [6, 6.07) is 3.08. The Bertz CT molecular complexity index is 488. The number of benzene rings is 1. The summed E-state index contributed by atoms with van der Waals surface area (Å²) in [5.41, 5.74) is -1.78. The molecule has 0 radical (unpaired) electrons. The lowest BCUT2D eigenvalue weighted by molar-refractivity contribution is -0.137. The maximum absolute atomic E-state index is 12.5. The Morgan fingerprint density at radius 1 is 1.44 bits per heavy atom. The van der Waals surface area contributed by atoms with Gasteiger partial charge < -0.3 is 0 Å². The number of halogens is 4. The molecule has 6 heteroatoms. The zero-order valence-corrected chi connectivity index (χ0v) is 8.78. The topological polar surface area (TPSA) is 40.9 Å². The summed E-state index contributed by atoms with van der Waals surface area (Å²) >= 11 is 5.17. The minimum absolute atomic E-state index is 0.0580. The van der Waals surface area contributed by atoms with E-state index in [1.54, 1.807) is 0 Å². The quantitative estimate of drug-likeness (QED) is 0.715. The SMILES string of the molecule is Cc1c(C(=O)Cl)ccc(C(F)(F)F)c1C#N. The van der Waals surface area contributed by atoms with Gasteiger partial charge in [-0.05, 0) is 36.2 Å². The van der Waals surface area contributed by atoms with Gasteiger partial charge in [0.05, 0.1) is 11.1 Å². The number of hydrogen-bond donors (Lipinski definition) is 0. The van der Waals surface area contributed by atoms with Crippen LogP contribution in [0.1, 0.15) is 27.0 Å². The third kappa shape index (κ3) is 2.17. The van der Waals surface area contributed by atoms with Crippen LogP contribution in [0.2, 0.25) is 0 Å². The van der Waals surface area contributed by atoms with Crippen molar-refractivity contribution in [1.29, 1.82) is 5.26 Å². The monoisotopic (exact) mass is 247 g/mol. The Hall–Kier alpha value is -1.54. The minimum atomic E-state index is -4.62. The smallest absolute Gasteiger partial charge is 0.276 e. The third-order valence-corrected chi connectivity index (χ3v) is 2.30. The van der Waals surface area contributed by atoms with Crippen LogP contribution in [0.5, 0.6) is 0 Å². The van der Waals surface area contributed by atoms with E-state index in [0.717, 1.165) is 6.07 Å². The zero-order valence-electron chi connectivity index (χ0n) is 8.02. The lowest BCUT2D eigenvalue weighted by Crippen LogP contribution is -2.10. The fraction of sp³-hybridized carbons (Fsp3) is 0.200. The van der Waals surface area contributed by atoms with Crippen LogP contribution in [0, 0.1) is 18.3 Å². The molecule has 0 N–H and O–H groups in total. The Kier molecular flexibility index (Phi) is 3.24. The van der Waals surface area contributed by atoms with E-state index in [4.69, 9.17) is 16.9 Å². The van der Waals surface area contributed by atoms with Gasteiger partial charge in [0.25, 0.3) is 5.24 Å². The Labute approximate surface area is 94.2 Å². The number of rotatable bonds is 1. The van der Waals surface area contributed by atoms with Crippen molar-refractivity contribution in [2.45, 2.75) is 13.1 Å². The molecule has 0 aliphatic rings. The molecular weight excluding hydrogens is 243 g/mol. The largest absolute Gasteiger partial charge is 0.417 e.